The normalized spacial score (nSPS) is 14.5. The lowest BCUT2D eigenvalue weighted by molar-refractivity contribution is -0.148. The van der Waals surface area contributed by atoms with E-state index in [9.17, 15) is 9.59 Å². The molecule has 0 radical (unpaired) electrons. The number of hydrogen-bond donors (Lipinski definition) is 0. The summed E-state index contributed by atoms with van der Waals surface area (Å²) in [5.74, 6) is 0.112. The first-order valence-corrected chi connectivity index (χ1v) is 8.39. The number of benzene rings is 2. The van der Waals surface area contributed by atoms with Gasteiger partial charge in [-0.25, -0.2) is 0 Å². The zero-order valence-corrected chi connectivity index (χ0v) is 14.5. The van der Waals surface area contributed by atoms with E-state index in [2.05, 4.69) is 0 Å². The van der Waals surface area contributed by atoms with Gasteiger partial charge >= 0.3 is 5.97 Å². The molecule has 0 unspecified atom stereocenters. The number of para-hydroxylation sites is 2. The SMILES string of the molecule is C[C@@H](OC(=O)CCN1C(=O)COc2ccccc21)c1ccc(Cl)cc1. The lowest BCUT2D eigenvalue weighted by atomic mass is 10.1. The van der Waals surface area contributed by atoms with Gasteiger partial charge in [0, 0.05) is 11.6 Å². The third-order valence-corrected chi connectivity index (χ3v) is 4.25. The van der Waals surface area contributed by atoms with Crippen LogP contribution in [0.1, 0.15) is 25.0 Å². The van der Waals surface area contributed by atoms with Crippen LogP contribution in [0.3, 0.4) is 0 Å². The predicted molar refractivity (Wildman–Crippen MR) is 94.9 cm³/mol. The highest BCUT2D eigenvalue weighted by Gasteiger charge is 2.25. The van der Waals surface area contributed by atoms with E-state index in [1.54, 1.807) is 36.1 Å². The van der Waals surface area contributed by atoms with E-state index < -0.39 is 0 Å². The van der Waals surface area contributed by atoms with Crippen LogP contribution >= 0.6 is 11.6 Å². The third-order valence-electron chi connectivity index (χ3n) is 4.00. The van der Waals surface area contributed by atoms with Crippen molar-refractivity contribution in [2.75, 3.05) is 18.1 Å². The van der Waals surface area contributed by atoms with E-state index in [-0.39, 0.29) is 37.6 Å². The molecule has 130 valence electrons. The molecule has 0 fully saturated rings. The van der Waals surface area contributed by atoms with Crippen LogP contribution in [0, 0.1) is 0 Å². The fraction of sp³-hybridized carbons (Fsp3) is 0.263. The van der Waals surface area contributed by atoms with E-state index >= 15 is 0 Å². The van der Waals surface area contributed by atoms with Crippen LogP contribution in [-0.2, 0) is 14.3 Å². The number of anilines is 1. The number of nitrogens with zero attached hydrogens (tertiary/aromatic N) is 1. The second-order valence-electron chi connectivity index (χ2n) is 5.74. The molecule has 0 N–H and O–H groups in total. The van der Waals surface area contributed by atoms with Gasteiger partial charge in [-0.15, -0.1) is 0 Å². The quantitative estimate of drug-likeness (QED) is 0.763. The number of amides is 1. The van der Waals surface area contributed by atoms with Gasteiger partial charge in [-0.2, -0.15) is 0 Å². The molecule has 0 aliphatic carbocycles. The van der Waals surface area contributed by atoms with Gasteiger partial charge in [0.25, 0.3) is 5.91 Å². The summed E-state index contributed by atoms with van der Waals surface area (Å²) < 4.78 is 10.8. The van der Waals surface area contributed by atoms with Crippen molar-refractivity contribution in [3.05, 3.63) is 59.1 Å². The van der Waals surface area contributed by atoms with Crippen LogP contribution in [0.15, 0.2) is 48.5 Å². The summed E-state index contributed by atoms with van der Waals surface area (Å²) in [6.07, 6.45) is -0.268. The number of rotatable bonds is 5. The molecule has 0 saturated carbocycles. The average Bonchev–Trinajstić information content (AvgIpc) is 2.61. The molecule has 1 atom stereocenters. The number of esters is 1. The topological polar surface area (TPSA) is 55.8 Å². The molecule has 25 heavy (non-hydrogen) atoms. The second kappa shape index (κ2) is 7.57. The highest BCUT2D eigenvalue weighted by atomic mass is 35.5. The summed E-state index contributed by atoms with van der Waals surface area (Å²) in [7, 11) is 0. The van der Waals surface area contributed by atoms with Gasteiger partial charge in [-0.3, -0.25) is 9.59 Å². The molecular formula is C19H18ClNO4. The molecular weight excluding hydrogens is 342 g/mol. The van der Waals surface area contributed by atoms with Gasteiger partial charge in [-0.1, -0.05) is 35.9 Å². The Hall–Kier alpha value is -2.53. The molecule has 0 aromatic heterocycles. The van der Waals surface area contributed by atoms with Gasteiger partial charge < -0.3 is 14.4 Å². The lowest BCUT2D eigenvalue weighted by Gasteiger charge is -2.29. The second-order valence-corrected chi connectivity index (χ2v) is 6.17. The Morgan fingerprint density at radius 2 is 1.96 bits per heavy atom. The summed E-state index contributed by atoms with van der Waals surface area (Å²) in [6, 6.07) is 14.4. The van der Waals surface area contributed by atoms with Crippen molar-refractivity contribution in [1.29, 1.82) is 0 Å². The maximum atomic E-state index is 12.1. The Balaban J connectivity index is 1.59. The van der Waals surface area contributed by atoms with E-state index in [1.165, 1.54) is 0 Å². The molecule has 0 bridgehead atoms. The van der Waals surface area contributed by atoms with Gasteiger partial charge in [0.05, 0.1) is 12.1 Å². The minimum absolute atomic E-state index is 0.0206. The molecule has 6 heteroatoms. The molecule has 1 aliphatic rings. The molecule has 3 rings (SSSR count). The monoisotopic (exact) mass is 359 g/mol. The Labute approximate surface area is 151 Å². The number of fused-ring (bicyclic) bond motifs is 1. The minimum atomic E-state index is -0.377. The summed E-state index contributed by atoms with van der Waals surface area (Å²) >= 11 is 5.86. The van der Waals surface area contributed by atoms with Gasteiger partial charge in [0.15, 0.2) is 6.61 Å². The molecule has 1 amide bonds. The first-order valence-electron chi connectivity index (χ1n) is 8.02. The molecule has 5 nitrogen and oxygen atoms in total. The number of ether oxygens (including phenoxy) is 2. The van der Waals surface area contributed by atoms with Crippen molar-refractivity contribution in [1.82, 2.24) is 0 Å². The standard InChI is InChI=1S/C19H18ClNO4/c1-13(14-6-8-15(20)9-7-14)25-19(23)10-11-21-16-4-2-3-5-17(16)24-12-18(21)22/h2-9,13H,10-12H2,1H3/t13-/m1/s1. The van der Waals surface area contributed by atoms with Gasteiger partial charge in [0.2, 0.25) is 0 Å². The van der Waals surface area contributed by atoms with Crippen LogP contribution in [-0.4, -0.2) is 25.0 Å². The Morgan fingerprint density at radius 1 is 1.24 bits per heavy atom. The summed E-state index contributed by atoms with van der Waals surface area (Å²) in [4.78, 5) is 25.8. The average molecular weight is 360 g/mol. The Kier molecular flexibility index (Phi) is 5.24. The first-order chi connectivity index (χ1) is 12.0. The third kappa shape index (κ3) is 4.12. The van der Waals surface area contributed by atoms with Crippen LogP contribution in [0.25, 0.3) is 0 Å². The van der Waals surface area contributed by atoms with Crippen LogP contribution in [0.5, 0.6) is 5.75 Å². The predicted octanol–water partition coefficient (Wildman–Crippen LogP) is 3.76. The molecule has 0 saturated heterocycles. The maximum Gasteiger partial charge on any atom is 0.308 e. The number of halogens is 1. The van der Waals surface area contributed by atoms with E-state index in [4.69, 9.17) is 21.1 Å². The van der Waals surface area contributed by atoms with Crippen molar-refractivity contribution in [3.8, 4) is 5.75 Å². The first kappa shape index (κ1) is 17.3. The van der Waals surface area contributed by atoms with Crippen LogP contribution in [0.4, 0.5) is 5.69 Å². The zero-order valence-electron chi connectivity index (χ0n) is 13.8. The fourth-order valence-corrected chi connectivity index (χ4v) is 2.79. The minimum Gasteiger partial charge on any atom is -0.482 e. The largest absolute Gasteiger partial charge is 0.482 e. The molecule has 0 spiro atoms. The molecule has 1 aliphatic heterocycles. The van der Waals surface area contributed by atoms with E-state index in [0.717, 1.165) is 5.56 Å². The Bertz CT molecular complexity index is 775. The Morgan fingerprint density at radius 3 is 2.72 bits per heavy atom. The molecule has 2 aromatic carbocycles. The highest BCUT2D eigenvalue weighted by molar-refractivity contribution is 6.30. The van der Waals surface area contributed by atoms with Crippen molar-refractivity contribution < 1.29 is 19.1 Å². The van der Waals surface area contributed by atoms with Crippen molar-refractivity contribution in [3.63, 3.8) is 0 Å². The summed E-state index contributed by atoms with van der Waals surface area (Å²) in [5, 5.41) is 0.631. The molecule has 2 aromatic rings. The number of carbonyl (C=O) groups is 2. The summed E-state index contributed by atoms with van der Waals surface area (Å²) in [6.45, 7) is 2.04. The van der Waals surface area contributed by atoms with Crippen molar-refractivity contribution >= 4 is 29.2 Å². The van der Waals surface area contributed by atoms with Gasteiger partial charge in [0.1, 0.15) is 11.9 Å². The summed E-state index contributed by atoms with van der Waals surface area (Å²) in [5.41, 5.74) is 1.54. The van der Waals surface area contributed by atoms with Crippen LogP contribution in [0.2, 0.25) is 5.02 Å². The van der Waals surface area contributed by atoms with E-state index in [1.807, 2.05) is 24.3 Å². The highest BCUT2D eigenvalue weighted by Crippen LogP contribution is 2.31. The number of hydrogen-bond acceptors (Lipinski definition) is 4. The maximum absolute atomic E-state index is 12.1. The fourth-order valence-electron chi connectivity index (χ4n) is 2.66. The molecule has 1 heterocycles. The smallest absolute Gasteiger partial charge is 0.308 e. The van der Waals surface area contributed by atoms with Crippen molar-refractivity contribution in [2.45, 2.75) is 19.4 Å². The van der Waals surface area contributed by atoms with Gasteiger partial charge in [-0.05, 0) is 36.8 Å². The lowest BCUT2D eigenvalue weighted by Crippen LogP contribution is -2.40. The number of carbonyl (C=O) groups excluding carboxylic acids is 2. The van der Waals surface area contributed by atoms with Crippen molar-refractivity contribution in [2.24, 2.45) is 0 Å². The van der Waals surface area contributed by atoms with E-state index in [0.29, 0.717) is 16.5 Å². The van der Waals surface area contributed by atoms with Crippen LogP contribution < -0.4 is 9.64 Å². The zero-order chi connectivity index (χ0) is 17.8.